The first kappa shape index (κ1) is 14.4. The number of carbonyl (C=O) groups excluding carboxylic acids is 1. The second-order valence-corrected chi connectivity index (χ2v) is 6.29. The summed E-state index contributed by atoms with van der Waals surface area (Å²) in [5.74, 6) is 0.803. The van der Waals surface area contributed by atoms with Gasteiger partial charge in [-0.1, -0.05) is 31.0 Å². The second kappa shape index (κ2) is 6.96. The van der Waals surface area contributed by atoms with Crippen molar-refractivity contribution in [1.82, 2.24) is 5.32 Å². The molecule has 0 atom stereocenters. The van der Waals surface area contributed by atoms with E-state index < -0.39 is 5.60 Å². The lowest BCUT2D eigenvalue weighted by Gasteiger charge is -2.22. The number of hydrogen-bond donors (Lipinski definition) is 2. The number of nitrogens with one attached hydrogen (secondary N) is 1. The van der Waals surface area contributed by atoms with E-state index in [2.05, 4.69) is 5.32 Å². The molecule has 1 aliphatic carbocycles. The summed E-state index contributed by atoms with van der Waals surface area (Å²) in [4.78, 5) is 12.9. The molecule has 0 aliphatic heterocycles. The third-order valence-electron chi connectivity index (χ3n) is 3.49. The number of thioether (sulfide) groups is 1. The number of carbonyl (C=O) groups is 1. The fraction of sp³-hybridized carbons (Fsp3) is 0.533. The zero-order valence-electron chi connectivity index (χ0n) is 11.1. The van der Waals surface area contributed by atoms with E-state index in [1.165, 1.54) is 4.90 Å². The molecule has 3 nitrogen and oxygen atoms in total. The Balaban J connectivity index is 1.62. The van der Waals surface area contributed by atoms with Gasteiger partial charge in [0.25, 0.3) is 0 Å². The molecular weight excluding hydrogens is 258 g/mol. The summed E-state index contributed by atoms with van der Waals surface area (Å²) in [5, 5.41) is 13.0. The summed E-state index contributed by atoms with van der Waals surface area (Å²) in [6.07, 6.45) is 4.25. The Hall–Kier alpha value is -1.00. The maximum Gasteiger partial charge on any atom is 0.220 e. The molecule has 1 aromatic rings. The highest BCUT2D eigenvalue weighted by atomic mass is 32.2. The minimum atomic E-state index is -0.651. The highest BCUT2D eigenvalue weighted by Gasteiger charge is 2.31. The van der Waals surface area contributed by atoms with Crippen LogP contribution in [0.15, 0.2) is 35.2 Å². The zero-order valence-corrected chi connectivity index (χ0v) is 11.9. The van der Waals surface area contributed by atoms with Crippen LogP contribution in [-0.2, 0) is 4.79 Å². The number of hydrogen-bond acceptors (Lipinski definition) is 3. The molecule has 1 aliphatic rings. The van der Waals surface area contributed by atoms with Crippen LogP contribution in [0.1, 0.15) is 32.1 Å². The Morgan fingerprint density at radius 1 is 1.26 bits per heavy atom. The van der Waals surface area contributed by atoms with Gasteiger partial charge in [0.1, 0.15) is 0 Å². The van der Waals surface area contributed by atoms with Crippen LogP contribution in [0.25, 0.3) is 0 Å². The lowest BCUT2D eigenvalue weighted by molar-refractivity contribution is -0.121. The molecule has 0 aromatic heterocycles. The van der Waals surface area contributed by atoms with Crippen LogP contribution in [0.2, 0.25) is 0 Å². The third kappa shape index (κ3) is 4.88. The van der Waals surface area contributed by atoms with Gasteiger partial charge in [0.15, 0.2) is 0 Å². The maximum absolute atomic E-state index is 11.7. The Kier molecular flexibility index (Phi) is 5.28. The van der Waals surface area contributed by atoms with E-state index in [4.69, 9.17) is 0 Å². The highest BCUT2D eigenvalue weighted by Crippen LogP contribution is 2.28. The van der Waals surface area contributed by atoms with Crippen molar-refractivity contribution >= 4 is 17.7 Å². The van der Waals surface area contributed by atoms with Crippen molar-refractivity contribution in [1.29, 1.82) is 0 Å². The van der Waals surface area contributed by atoms with Crippen molar-refractivity contribution < 1.29 is 9.90 Å². The molecule has 2 rings (SSSR count). The van der Waals surface area contributed by atoms with Gasteiger partial charge in [-0.15, -0.1) is 11.8 Å². The van der Waals surface area contributed by atoms with Gasteiger partial charge >= 0.3 is 0 Å². The van der Waals surface area contributed by atoms with Crippen LogP contribution in [0.3, 0.4) is 0 Å². The minimum absolute atomic E-state index is 0.0313. The lowest BCUT2D eigenvalue weighted by Crippen LogP contribution is -2.40. The van der Waals surface area contributed by atoms with Crippen molar-refractivity contribution in [3.05, 3.63) is 30.3 Å². The van der Waals surface area contributed by atoms with Crippen molar-refractivity contribution in [2.45, 2.75) is 42.6 Å². The number of amides is 1. The minimum Gasteiger partial charge on any atom is -0.388 e. The van der Waals surface area contributed by atoms with Gasteiger partial charge in [-0.3, -0.25) is 4.79 Å². The normalized spacial score (nSPS) is 17.3. The molecule has 0 unspecified atom stereocenters. The van der Waals surface area contributed by atoms with E-state index >= 15 is 0 Å². The molecule has 0 heterocycles. The topological polar surface area (TPSA) is 49.3 Å². The van der Waals surface area contributed by atoms with E-state index in [0.717, 1.165) is 31.4 Å². The fourth-order valence-corrected chi connectivity index (χ4v) is 3.21. The van der Waals surface area contributed by atoms with E-state index in [-0.39, 0.29) is 5.91 Å². The van der Waals surface area contributed by atoms with Gasteiger partial charge in [0.05, 0.1) is 5.60 Å². The van der Waals surface area contributed by atoms with Gasteiger partial charge in [0.2, 0.25) is 5.91 Å². The number of aliphatic hydroxyl groups is 1. The Labute approximate surface area is 118 Å². The summed E-state index contributed by atoms with van der Waals surface area (Å²) in [7, 11) is 0. The Morgan fingerprint density at radius 3 is 2.63 bits per heavy atom. The summed E-state index contributed by atoms with van der Waals surface area (Å²) in [5.41, 5.74) is -0.651. The van der Waals surface area contributed by atoms with Gasteiger partial charge in [-0.2, -0.15) is 0 Å². The molecule has 4 heteroatoms. The predicted octanol–water partition coefficient (Wildman–Crippen LogP) is 2.59. The van der Waals surface area contributed by atoms with Crippen LogP contribution in [0.4, 0.5) is 0 Å². The van der Waals surface area contributed by atoms with E-state index in [0.29, 0.717) is 13.0 Å². The molecule has 1 saturated carbocycles. The van der Waals surface area contributed by atoms with Crippen LogP contribution in [0, 0.1) is 0 Å². The average molecular weight is 279 g/mol. The van der Waals surface area contributed by atoms with Crippen LogP contribution < -0.4 is 5.32 Å². The predicted molar refractivity (Wildman–Crippen MR) is 78.2 cm³/mol. The van der Waals surface area contributed by atoms with Gasteiger partial charge in [0, 0.05) is 23.6 Å². The molecule has 2 N–H and O–H groups in total. The fourth-order valence-electron chi connectivity index (χ4n) is 2.34. The molecule has 0 spiro atoms. The molecule has 0 radical (unpaired) electrons. The largest absolute Gasteiger partial charge is 0.388 e. The molecule has 1 fully saturated rings. The molecule has 104 valence electrons. The molecule has 19 heavy (non-hydrogen) atoms. The first-order chi connectivity index (χ1) is 9.18. The van der Waals surface area contributed by atoms with Crippen molar-refractivity contribution in [2.75, 3.05) is 12.3 Å². The summed E-state index contributed by atoms with van der Waals surface area (Å²) >= 11 is 1.68. The second-order valence-electron chi connectivity index (χ2n) is 5.12. The van der Waals surface area contributed by atoms with E-state index in [1.807, 2.05) is 30.3 Å². The van der Waals surface area contributed by atoms with Crippen LogP contribution in [0.5, 0.6) is 0 Å². The first-order valence-electron chi connectivity index (χ1n) is 6.85. The Morgan fingerprint density at radius 2 is 1.95 bits per heavy atom. The van der Waals surface area contributed by atoms with Crippen molar-refractivity contribution in [2.24, 2.45) is 0 Å². The quantitative estimate of drug-likeness (QED) is 0.787. The number of benzene rings is 1. The van der Waals surface area contributed by atoms with Crippen molar-refractivity contribution in [3.8, 4) is 0 Å². The standard InChI is InChI=1S/C15H21NO2S/c17-14(16-12-15(18)9-4-5-10-15)8-11-19-13-6-2-1-3-7-13/h1-3,6-7,18H,4-5,8-12H2,(H,16,17). The van der Waals surface area contributed by atoms with E-state index in [9.17, 15) is 9.90 Å². The molecule has 1 aromatic carbocycles. The molecule has 0 saturated heterocycles. The van der Waals surface area contributed by atoms with Crippen LogP contribution in [-0.4, -0.2) is 28.9 Å². The SMILES string of the molecule is O=C(CCSc1ccccc1)NCC1(O)CCCC1. The number of rotatable bonds is 6. The molecule has 1 amide bonds. The first-order valence-corrected chi connectivity index (χ1v) is 7.83. The zero-order chi connectivity index (χ0) is 13.6. The summed E-state index contributed by atoms with van der Waals surface area (Å²) < 4.78 is 0. The summed E-state index contributed by atoms with van der Waals surface area (Å²) in [6, 6.07) is 10.1. The maximum atomic E-state index is 11.7. The molecular formula is C15H21NO2S. The van der Waals surface area contributed by atoms with Gasteiger partial charge in [-0.05, 0) is 25.0 Å². The van der Waals surface area contributed by atoms with Gasteiger partial charge < -0.3 is 10.4 Å². The smallest absolute Gasteiger partial charge is 0.220 e. The van der Waals surface area contributed by atoms with Gasteiger partial charge in [-0.25, -0.2) is 0 Å². The molecule has 0 bridgehead atoms. The summed E-state index contributed by atoms with van der Waals surface area (Å²) in [6.45, 7) is 0.405. The monoisotopic (exact) mass is 279 g/mol. The van der Waals surface area contributed by atoms with E-state index in [1.54, 1.807) is 11.8 Å². The Bertz CT molecular complexity index is 402. The third-order valence-corrected chi connectivity index (χ3v) is 4.50. The highest BCUT2D eigenvalue weighted by molar-refractivity contribution is 7.99. The van der Waals surface area contributed by atoms with Crippen LogP contribution >= 0.6 is 11.8 Å². The van der Waals surface area contributed by atoms with Crippen molar-refractivity contribution in [3.63, 3.8) is 0 Å². The average Bonchev–Trinajstić information content (AvgIpc) is 2.85. The lowest BCUT2D eigenvalue weighted by atomic mass is 10.0.